The summed E-state index contributed by atoms with van der Waals surface area (Å²) in [5, 5.41) is 19.3. The van der Waals surface area contributed by atoms with Gasteiger partial charge in [-0.3, -0.25) is 4.98 Å². The third kappa shape index (κ3) is 5.50. The fraction of sp³-hybridized carbons (Fsp3) is 0.462. The maximum absolute atomic E-state index is 5.82. The average Bonchev–Trinajstić information content (AvgIpc) is 3.60. The highest BCUT2D eigenvalue weighted by molar-refractivity contribution is 5.78. The molecule has 0 aliphatic carbocycles. The number of ether oxygens (including phenoxy) is 2. The van der Waals surface area contributed by atoms with Crippen LogP contribution < -0.4 is 0 Å². The van der Waals surface area contributed by atoms with Crippen LogP contribution >= 0.6 is 0 Å². The van der Waals surface area contributed by atoms with Crippen molar-refractivity contribution in [2.45, 2.75) is 64.7 Å². The van der Waals surface area contributed by atoms with E-state index in [-0.39, 0.29) is 0 Å². The molecule has 1 aromatic carbocycles. The van der Waals surface area contributed by atoms with Crippen LogP contribution in [-0.2, 0) is 28.2 Å². The summed E-state index contributed by atoms with van der Waals surface area (Å²) in [6, 6.07) is 12.0. The second kappa shape index (κ2) is 12.0. The number of nitrogens with zero attached hydrogens (tertiary/aromatic N) is 7. The zero-order chi connectivity index (χ0) is 25.4. The molecule has 0 fully saturated rings. The Hall–Kier alpha value is -3.50. The topological polar surface area (TPSA) is 117 Å². The first-order valence-electron chi connectivity index (χ1n) is 12.5. The van der Waals surface area contributed by atoms with Crippen molar-refractivity contribution in [3.05, 3.63) is 59.8 Å². The molecule has 0 atom stereocenters. The normalized spacial score (nSPS) is 11.8. The first-order chi connectivity index (χ1) is 17.6. The van der Waals surface area contributed by atoms with E-state index in [1.807, 2.05) is 41.2 Å². The summed E-state index contributed by atoms with van der Waals surface area (Å²) >= 11 is 0. The summed E-state index contributed by atoms with van der Waals surface area (Å²) in [7, 11) is 3.31. The number of hydrogen-bond donors (Lipinski definition) is 1. The van der Waals surface area contributed by atoms with Crippen LogP contribution in [0, 0.1) is 0 Å². The Labute approximate surface area is 211 Å². The molecule has 0 amide bonds. The molecule has 36 heavy (non-hydrogen) atoms. The number of benzene rings is 1. The number of tetrazole rings is 1. The highest BCUT2D eigenvalue weighted by atomic mass is 16.7. The molecule has 1 N–H and O–H groups in total. The second-order valence-electron chi connectivity index (χ2n) is 8.70. The van der Waals surface area contributed by atoms with Crippen molar-refractivity contribution in [2.24, 2.45) is 0 Å². The van der Waals surface area contributed by atoms with Gasteiger partial charge in [0, 0.05) is 50.9 Å². The minimum Gasteiger partial charge on any atom is -0.347 e. The third-order valence-electron chi connectivity index (χ3n) is 6.31. The van der Waals surface area contributed by atoms with E-state index in [4.69, 9.17) is 24.5 Å². The Bertz CT molecular complexity index is 1220. The van der Waals surface area contributed by atoms with Crippen molar-refractivity contribution in [1.82, 2.24) is 40.4 Å². The van der Waals surface area contributed by atoms with Gasteiger partial charge in [0.2, 0.25) is 17.4 Å². The van der Waals surface area contributed by atoms with Crippen molar-refractivity contribution in [3.63, 3.8) is 0 Å². The smallest absolute Gasteiger partial charge is 0.231 e. The predicted molar refractivity (Wildman–Crippen MR) is 136 cm³/mol. The lowest BCUT2D eigenvalue weighted by Gasteiger charge is -2.27. The third-order valence-corrected chi connectivity index (χ3v) is 6.31. The molecule has 0 aliphatic rings. The Morgan fingerprint density at radius 2 is 1.75 bits per heavy atom. The van der Waals surface area contributed by atoms with E-state index in [0.717, 1.165) is 60.4 Å². The molecule has 4 rings (SSSR count). The molecule has 0 aliphatic heterocycles. The Kier molecular flexibility index (Phi) is 8.50. The first kappa shape index (κ1) is 25.6. The molecule has 0 saturated carbocycles. The summed E-state index contributed by atoms with van der Waals surface area (Å²) in [5.41, 5.74) is 3.70. The van der Waals surface area contributed by atoms with Gasteiger partial charge in [0.15, 0.2) is 0 Å². The fourth-order valence-corrected chi connectivity index (χ4v) is 4.19. The van der Waals surface area contributed by atoms with Crippen LogP contribution in [0.4, 0.5) is 0 Å². The van der Waals surface area contributed by atoms with E-state index in [0.29, 0.717) is 24.5 Å². The average molecular weight is 491 g/mol. The molecule has 3 heterocycles. The van der Waals surface area contributed by atoms with Crippen LogP contribution in [0.2, 0.25) is 0 Å². The molecule has 190 valence electrons. The number of pyridine rings is 1. The molecule has 10 nitrogen and oxygen atoms in total. The lowest BCUT2D eigenvalue weighted by Crippen LogP contribution is -2.32. The number of aromatic amines is 1. The highest BCUT2D eigenvalue weighted by Gasteiger charge is 2.37. The highest BCUT2D eigenvalue weighted by Crippen LogP contribution is 2.31. The molecule has 4 aromatic rings. The maximum atomic E-state index is 5.82. The van der Waals surface area contributed by atoms with Gasteiger partial charge in [-0.1, -0.05) is 57.0 Å². The molecule has 0 spiro atoms. The number of H-pyrrole nitrogens is 1. The molecule has 0 bridgehead atoms. The maximum Gasteiger partial charge on any atom is 0.231 e. The van der Waals surface area contributed by atoms with Gasteiger partial charge in [-0.2, -0.15) is 10.3 Å². The number of methoxy groups -OCH3 is 2. The van der Waals surface area contributed by atoms with E-state index >= 15 is 0 Å². The van der Waals surface area contributed by atoms with Gasteiger partial charge in [0.25, 0.3) is 0 Å². The zero-order valence-corrected chi connectivity index (χ0v) is 21.4. The Balaban J connectivity index is 1.61. The first-order valence-corrected chi connectivity index (χ1v) is 12.5. The molecular weight excluding hydrogens is 456 g/mol. The van der Waals surface area contributed by atoms with Gasteiger partial charge in [-0.05, 0) is 29.7 Å². The largest absolute Gasteiger partial charge is 0.347 e. The monoisotopic (exact) mass is 490 g/mol. The zero-order valence-electron chi connectivity index (χ0n) is 21.4. The molecule has 3 aromatic heterocycles. The summed E-state index contributed by atoms with van der Waals surface area (Å²) in [5.74, 6) is 1.04. The van der Waals surface area contributed by atoms with Gasteiger partial charge in [-0.25, -0.2) is 9.67 Å². The van der Waals surface area contributed by atoms with Crippen molar-refractivity contribution in [1.29, 1.82) is 0 Å². The lowest BCUT2D eigenvalue weighted by atomic mass is 10.0. The van der Waals surface area contributed by atoms with E-state index in [1.54, 1.807) is 14.2 Å². The molecule has 10 heteroatoms. The van der Waals surface area contributed by atoms with Crippen LogP contribution in [-0.4, -0.2) is 54.6 Å². The van der Waals surface area contributed by atoms with E-state index in [1.165, 1.54) is 0 Å². The van der Waals surface area contributed by atoms with Crippen molar-refractivity contribution in [3.8, 4) is 22.6 Å². The Morgan fingerprint density at radius 1 is 0.972 bits per heavy atom. The van der Waals surface area contributed by atoms with Crippen LogP contribution in [0.15, 0.2) is 42.6 Å². The summed E-state index contributed by atoms with van der Waals surface area (Å²) in [6.45, 7) is 5.11. The van der Waals surface area contributed by atoms with E-state index in [9.17, 15) is 0 Å². The fourth-order valence-electron chi connectivity index (χ4n) is 4.19. The molecule has 0 radical (unpaired) electrons. The van der Waals surface area contributed by atoms with Gasteiger partial charge in [0.1, 0.15) is 5.82 Å². The number of unbranched alkanes of at least 4 members (excludes halogenated alkanes) is 2. The van der Waals surface area contributed by atoms with Crippen molar-refractivity contribution in [2.75, 3.05) is 14.2 Å². The Morgan fingerprint density at radius 3 is 2.39 bits per heavy atom. The van der Waals surface area contributed by atoms with Crippen LogP contribution in [0.5, 0.6) is 0 Å². The number of nitrogens with one attached hydrogen (secondary N) is 1. The molecule has 0 saturated heterocycles. The van der Waals surface area contributed by atoms with Crippen molar-refractivity contribution < 1.29 is 9.47 Å². The van der Waals surface area contributed by atoms with E-state index in [2.05, 4.69) is 40.5 Å². The minimum absolute atomic E-state index is 0.538. The molecule has 0 unspecified atom stereocenters. The number of aryl methyl sites for hydroxylation is 1. The number of rotatable bonds is 13. The second-order valence-corrected chi connectivity index (χ2v) is 8.70. The van der Waals surface area contributed by atoms with E-state index < -0.39 is 5.79 Å². The predicted octanol–water partition coefficient (Wildman–Crippen LogP) is 4.55. The minimum atomic E-state index is -0.941. The van der Waals surface area contributed by atoms with Gasteiger partial charge < -0.3 is 9.47 Å². The standard InChI is InChI=1S/C26H34N8O2/c1-5-7-15-26(35-3,36-4)25-28-23(34(31-25)16-8-6-2)17-19-13-14-22(27-18-19)20-11-9-10-12-21(20)24-29-32-33-30-24/h9-14,18H,5-8,15-17H2,1-4H3,(H,29,30,32,33). The summed E-state index contributed by atoms with van der Waals surface area (Å²) < 4.78 is 13.6. The summed E-state index contributed by atoms with van der Waals surface area (Å²) in [4.78, 5) is 9.64. The van der Waals surface area contributed by atoms with Crippen LogP contribution in [0.25, 0.3) is 22.6 Å². The van der Waals surface area contributed by atoms with Gasteiger partial charge in [0.05, 0.1) is 5.69 Å². The number of aromatic nitrogens is 8. The van der Waals surface area contributed by atoms with Gasteiger partial charge in [-0.15, -0.1) is 10.2 Å². The SMILES string of the molecule is CCCCn1nc(C(CCCC)(OC)OC)nc1Cc1ccc(-c2ccccc2-c2nn[nH]n2)nc1. The van der Waals surface area contributed by atoms with Crippen molar-refractivity contribution >= 4 is 0 Å². The van der Waals surface area contributed by atoms with Crippen LogP contribution in [0.1, 0.15) is 63.2 Å². The quantitative estimate of drug-likeness (QED) is 0.271. The number of hydrogen-bond acceptors (Lipinski definition) is 8. The van der Waals surface area contributed by atoms with Gasteiger partial charge >= 0.3 is 0 Å². The lowest BCUT2D eigenvalue weighted by molar-refractivity contribution is -0.226. The molecular formula is C26H34N8O2. The van der Waals surface area contributed by atoms with Crippen LogP contribution in [0.3, 0.4) is 0 Å². The summed E-state index contributed by atoms with van der Waals surface area (Å²) in [6.07, 6.45) is 7.26.